The second kappa shape index (κ2) is 13.4. The quantitative estimate of drug-likeness (QED) is 0.118. The number of nitrogens with zero attached hydrogens (tertiary/aromatic N) is 1. The molecule has 0 aromatic heterocycles. The number of carbonyl (C=O) groups is 2. The molecule has 0 radical (unpaired) electrons. The van der Waals surface area contributed by atoms with Crippen molar-refractivity contribution in [2.24, 2.45) is 5.10 Å². The highest BCUT2D eigenvalue weighted by Crippen LogP contribution is 2.28. The number of nitrogens with one attached hydrogen (secondary N) is 1. The molecule has 4 aromatic rings. The van der Waals surface area contributed by atoms with Crippen molar-refractivity contribution < 1.29 is 28.5 Å². The summed E-state index contributed by atoms with van der Waals surface area (Å²) in [4.78, 5) is 25.3. The van der Waals surface area contributed by atoms with Crippen LogP contribution >= 0.6 is 0 Å². The van der Waals surface area contributed by atoms with Gasteiger partial charge in [0.05, 0.1) is 31.1 Å². The summed E-state index contributed by atoms with van der Waals surface area (Å²) in [6.07, 6.45) is 1.46. The van der Waals surface area contributed by atoms with E-state index < -0.39 is 11.9 Å². The van der Waals surface area contributed by atoms with Gasteiger partial charge < -0.3 is 18.9 Å². The number of hydrogen-bond acceptors (Lipinski definition) is 7. The van der Waals surface area contributed by atoms with E-state index in [0.29, 0.717) is 47.2 Å². The molecule has 198 valence electrons. The average molecular weight is 525 g/mol. The number of rotatable bonds is 11. The largest absolute Gasteiger partial charge is 0.494 e. The van der Waals surface area contributed by atoms with Gasteiger partial charge in [0.25, 0.3) is 5.91 Å². The highest BCUT2D eigenvalue weighted by Gasteiger charge is 2.14. The number of benzene rings is 4. The van der Waals surface area contributed by atoms with Gasteiger partial charge in [-0.3, -0.25) is 4.79 Å². The molecule has 8 heteroatoms. The first-order chi connectivity index (χ1) is 19.1. The van der Waals surface area contributed by atoms with E-state index in [1.54, 1.807) is 66.7 Å². The third kappa shape index (κ3) is 7.45. The summed E-state index contributed by atoms with van der Waals surface area (Å²) in [5.74, 6) is 0.771. The summed E-state index contributed by atoms with van der Waals surface area (Å²) >= 11 is 0. The third-order valence-corrected chi connectivity index (χ3v) is 5.54. The van der Waals surface area contributed by atoms with Gasteiger partial charge in [-0.1, -0.05) is 42.5 Å². The highest BCUT2D eigenvalue weighted by molar-refractivity contribution is 5.97. The van der Waals surface area contributed by atoms with Crippen LogP contribution in [0.1, 0.15) is 38.8 Å². The van der Waals surface area contributed by atoms with E-state index in [2.05, 4.69) is 10.5 Å². The molecule has 0 saturated carbocycles. The molecule has 8 nitrogen and oxygen atoms in total. The lowest BCUT2D eigenvalue weighted by atomic mass is 10.2. The van der Waals surface area contributed by atoms with E-state index in [-0.39, 0.29) is 5.75 Å². The van der Waals surface area contributed by atoms with Crippen LogP contribution < -0.4 is 24.4 Å². The maximum atomic E-state index is 12.8. The van der Waals surface area contributed by atoms with Crippen LogP contribution in [0.4, 0.5) is 0 Å². The molecular formula is C31H28N2O6. The van der Waals surface area contributed by atoms with Gasteiger partial charge >= 0.3 is 5.97 Å². The molecule has 0 atom stereocenters. The molecule has 0 fully saturated rings. The Hall–Kier alpha value is -5.11. The maximum Gasteiger partial charge on any atom is 0.343 e. The SMILES string of the molecule is CCOc1ccc(C(=O)Oc2ccc(C=NNC(=O)c3ccccc3OCc3ccccc3)cc2OC)cc1. The zero-order valence-corrected chi connectivity index (χ0v) is 21.6. The van der Waals surface area contributed by atoms with Gasteiger partial charge in [0.1, 0.15) is 18.1 Å². The van der Waals surface area contributed by atoms with E-state index in [1.165, 1.54) is 13.3 Å². The first-order valence-electron chi connectivity index (χ1n) is 12.3. The van der Waals surface area contributed by atoms with Crippen LogP contribution in [-0.2, 0) is 6.61 Å². The lowest BCUT2D eigenvalue weighted by Gasteiger charge is -2.11. The van der Waals surface area contributed by atoms with Crippen molar-refractivity contribution in [2.45, 2.75) is 13.5 Å². The predicted molar refractivity (Wildman–Crippen MR) is 148 cm³/mol. The number of methoxy groups -OCH3 is 1. The average Bonchev–Trinajstić information content (AvgIpc) is 2.98. The number of esters is 1. The molecule has 0 unspecified atom stereocenters. The van der Waals surface area contributed by atoms with Gasteiger partial charge in [-0.15, -0.1) is 0 Å². The zero-order chi connectivity index (χ0) is 27.5. The van der Waals surface area contributed by atoms with Crippen LogP contribution in [0.2, 0.25) is 0 Å². The van der Waals surface area contributed by atoms with Crippen molar-refractivity contribution in [2.75, 3.05) is 13.7 Å². The van der Waals surface area contributed by atoms with Crippen LogP contribution in [0, 0.1) is 0 Å². The number of para-hydroxylation sites is 1. The third-order valence-electron chi connectivity index (χ3n) is 5.54. The Balaban J connectivity index is 1.37. The van der Waals surface area contributed by atoms with Gasteiger partial charge in [0, 0.05) is 0 Å². The lowest BCUT2D eigenvalue weighted by Crippen LogP contribution is -2.18. The van der Waals surface area contributed by atoms with Crippen LogP contribution in [0.5, 0.6) is 23.0 Å². The van der Waals surface area contributed by atoms with Gasteiger partial charge in [-0.25, -0.2) is 10.2 Å². The number of hydrogen-bond donors (Lipinski definition) is 1. The number of amides is 1. The van der Waals surface area contributed by atoms with Gasteiger partial charge in [0.15, 0.2) is 11.5 Å². The molecule has 1 amide bonds. The molecule has 0 aliphatic heterocycles. The number of ether oxygens (including phenoxy) is 4. The molecule has 0 saturated heterocycles. The van der Waals surface area contributed by atoms with Crippen LogP contribution in [0.25, 0.3) is 0 Å². The van der Waals surface area contributed by atoms with Gasteiger partial charge in [-0.2, -0.15) is 5.10 Å². The summed E-state index contributed by atoms with van der Waals surface area (Å²) in [6, 6.07) is 28.3. The molecule has 4 rings (SSSR count). The van der Waals surface area contributed by atoms with E-state index >= 15 is 0 Å². The normalized spacial score (nSPS) is 10.6. The fourth-order valence-corrected chi connectivity index (χ4v) is 3.60. The lowest BCUT2D eigenvalue weighted by molar-refractivity contribution is 0.0729. The number of hydrazone groups is 1. The second-order valence-corrected chi connectivity index (χ2v) is 8.23. The monoisotopic (exact) mass is 524 g/mol. The molecular weight excluding hydrogens is 496 g/mol. The topological polar surface area (TPSA) is 95.5 Å². The first kappa shape index (κ1) is 26.9. The molecule has 0 aliphatic carbocycles. The Morgan fingerprint density at radius 1 is 0.821 bits per heavy atom. The Labute approximate surface area is 226 Å². The smallest absolute Gasteiger partial charge is 0.343 e. The molecule has 1 N–H and O–H groups in total. The molecule has 0 aliphatic rings. The fourth-order valence-electron chi connectivity index (χ4n) is 3.60. The summed E-state index contributed by atoms with van der Waals surface area (Å²) in [5, 5.41) is 4.06. The highest BCUT2D eigenvalue weighted by atomic mass is 16.6. The Morgan fingerprint density at radius 2 is 1.56 bits per heavy atom. The summed E-state index contributed by atoms with van der Waals surface area (Å²) in [6.45, 7) is 2.76. The van der Waals surface area contributed by atoms with Crippen molar-refractivity contribution in [1.82, 2.24) is 5.43 Å². The Kier molecular flexibility index (Phi) is 9.28. The summed E-state index contributed by atoms with van der Waals surface area (Å²) in [5.41, 5.74) is 4.88. The summed E-state index contributed by atoms with van der Waals surface area (Å²) in [7, 11) is 1.47. The molecule has 0 heterocycles. The van der Waals surface area contributed by atoms with Crippen molar-refractivity contribution >= 4 is 18.1 Å². The molecule has 39 heavy (non-hydrogen) atoms. The summed E-state index contributed by atoms with van der Waals surface area (Å²) < 4.78 is 22.2. The second-order valence-electron chi connectivity index (χ2n) is 8.23. The van der Waals surface area contributed by atoms with Crippen molar-refractivity contribution in [1.29, 1.82) is 0 Å². The minimum Gasteiger partial charge on any atom is -0.494 e. The molecule has 0 bridgehead atoms. The van der Waals surface area contributed by atoms with E-state index in [1.807, 2.05) is 37.3 Å². The Morgan fingerprint density at radius 3 is 2.31 bits per heavy atom. The van der Waals surface area contributed by atoms with Crippen LogP contribution in [0.3, 0.4) is 0 Å². The predicted octanol–water partition coefficient (Wildman–Crippen LogP) is 5.66. The standard InChI is InChI=1S/C31H28N2O6/c1-3-37-25-16-14-24(15-17-25)31(35)39-28-18-13-23(19-29(28)36-2)20-32-33-30(34)26-11-7-8-12-27(26)38-21-22-9-5-4-6-10-22/h4-20H,3,21H2,1-2H3,(H,33,34). The molecule has 4 aromatic carbocycles. The zero-order valence-electron chi connectivity index (χ0n) is 21.6. The van der Waals surface area contributed by atoms with E-state index in [4.69, 9.17) is 18.9 Å². The van der Waals surface area contributed by atoms with Crippen LogP contribution in [0.15, 0.2) is 102 Å². The van der Waals surface area contributed by atoms with E-state index in [9.17, 15) is 9.59 Å². The first-order valence-corrected chi connectivity index (χ1v) is 12.3. The van der Waals surface area contributed by atoms with Crippen LogP contribution in [-0.4, -0.2) is 31.8 Å². The minimum absolute atomic E-state index is 0.252. The molecule has 0 spiro atoms. The Bertz CT molecular complexity index is 1440. The van der Waals surface area contributed by atoms with Crippen molar-refractivity contribution in [3.8, 4) is 23.0 Å². The fraction of sp³-hybridized carbons (Fsp3) is 0.129. The van der Waals surface area contributed by atoms with Crippen molar-refractivity contribution in [3.05, 3.63) is 119 Å². The maximum absolute atomic E-state index is 12.8. The number of carbonyl (C=O) groups excluding carboxylic acids is 2. The van der Waals surface area contributed by atoms with E-state index in [0.717, 1.165) is 5.56 Å². The van der Waals surface area contributed by atoms with Crippen molar-refractivity contribution in [3.63, 3.8) is 0 Å². The minimum atomic E-state index is -0.529. The van der Waals surface area contributed by atoms with Gasteiger partial charge in [-0.05, 0) is 72.6 Å². The van der Waals surface area contributed by atoms with Gasteiger partial charge in [0.2, 0.25) is 0 Å².